The first-order valence-electron chi connectivity index (χ1n) is 6.41. The maximum absolute atomic E-state index is 5.13. The predicted molar refractivity (Wildman–Crippen MR) is 69.1 cm³/mol. The zero-order valence-corrected chi connectivity index (χ0v) is 11.1. The second-order valence-electron chi connectivity index (χ2n) is 4.09. The molecule has 0 radical (unpaired) electrons. The van der Waals surface area contributed by atoms with Crippen molar-refractivity contribution in [3.05, 3.63) is 18.1 Å². The van der Waals surface area contributed by atoms with Crippen molar-refractivity contribution in [2.75, 3.05) is 13.7 Å². The van der Waals surface area contributed by atoms with Gasteiger partial charge in [-0.1, -0.05) is 33.1 Å². The van der Waals surface area contributed by atoms with E-state index >= 15 is 0 Å². The molecule has 1 aromatic heterocycles. The summed E-state index contributed by atoms with van der Waals surface area (Å²) in [6.45, 7) is 5.28. The zero-order valence-electron chi connectivity index (χ0n) is 11.1. The van der Waals surface area contributed by atoms with Crippen LogP contribution in [0.1, 0.15) is 51.3 Å². The van der Waals surface area contributed by atoms with Crippen molar-refractivity contribution in [3.63, 3.8) is 0 Å². The van der Waals surface area contributed by atoms with E-state index in [9.17, 15) is 0 Å². The predicted octanol–water partition coefficient (Wildman–Crippen LogP) is 2.72. The fourth-order valence-electron chi connectivity index (χ4n) is 1.86. The van der Waals surface area contributed by atoms with Crippen LogP contribution in [0.3, 0.4) is 0 Å². The van der Waals surface area contributed by atoms with E-state index < -0.39 is 0 Å². The van der Waals surface area contributed by atoms with Crippen LogP contribution < -0.4 is 10.1 Å². The van der Waals surface area contributed by atoms with Gasteiger partial charge in [-0.15, -0.1) is 0 Å². The largest absolute Gasteiger partial charge is 0.481 e. The first kappa shape index (κ1) is 13.9. The number of nitrogens with zero attached hydrogens (tertiary/aromatic N) is 2. The number of aromatic nitrogens is 2. The van der Waals surface area contributed by atoms with Gasteiger partial charge in [0.15, 0.2) is 0 Å². The minimum atomic E-state index is 0.309. The monoisotopic (exact) mass is 237 g/mol. The molecule has 0 spiro atoms. The molecule has 0 aliphatic heterocycles. The highest BCUT2D eigenvalue weighted by Crippen LogP contribution is 2.20. The molecule has 0 bridgehead atoms. The third-order valence-corrected chi connectivity index (χ3v) is 2.78. The molecule has 0 aliphatic rings. The van der Waals surface area contributed by atoms with Gasteiger partial charge in [0, 0.05) is 12.1 Å². The van der Waals surface area contributed by atoms with Crippen molar-refractivity contribution in [2.45, 2.75) is 45.6 Å². The third-order valence-electron chi connectivity index (χ3n) is 2.78. The summed E-state index contributed by atoms with van der Waals surface area (Å²) in [5, 5.41) is 3.46. The fraction of sp³-hybridized carbons (Fsp3) is 0.692. The number of methoxy groups -OCH3 is 1. The van der Waals surface area contributed by atoms with Gasteiger partial charge >= 0.3 is 0 Å². The molecule has 1 atom stereocenters. The highest BCUT2D eigenvalue weighted by atomic mass is 16.5. The Morgan fingerprint density at radius 3 is 2.76 bits per heavy atom. The molecule has 0 saturated heterocycles. The summed E-state index contributed by atoms with van der Waals surface area (Å²) in [5.74, 6) is 0.633. The molecule has 1 rings (SSSR count). The molecule has 4 heteroatoms. The normalized spacial score (nSPS) is 12.4. The Labute approximate surface area is 104 Å². The highest BCUT2D eigenvalue weighted by molar-refractivity contribution is 5.16. The molecule has 17 heavy (non-hydrogen) atoms. The van der Waals surface area contributed by atoms with Gasteiger partial charge in [0.25, 0.3) is 0 Å². The van der Waals surface area contributed by atoms with Gasteiger partial charge in [-0.3, -0.25) is 0 Å². The van der Waals surface area contributed by atoms with E-state index in [1.54, 1.807) is 13.4 Å². The third kappa shape index (κ3) is 4.69. The summed E-state index contributed by atoms with van der Waals surface area (Å²) in [7, 11) is 1.63. The lowest BCUT2D eigenvalue weighted by Gasteiger charge is -2.17. The lowest BCUT2D eigenvalue weighted by Crippen LogP contribution is -2.22. The molecule has 1 aromatic rings. The van der Waals surface area contributed by atoms with Crippen molar-refractivity contribution in [3.8, 4) is 5.88 Å². The van der Waals surface area contributed by atoms with Crippen LogP contribution in [-0.2, 0) is 0 Å². The highest BCUT2D eigenvalue weighted by Gasteiger charge is 2.12. The van der Waals surface area contributed by atoms with E-state index in [1.165, 1.54) is 19.3 Å². The maximum atomic E-state index is 5.13. The van der Waals surface area contributed by atoms with Crippen LogP contribution in [0.2, 0.25) is 0 Å². The van der Waals surface area contributed by atoms with Gasteiger partial charge in [0.2, 0.25) is 5.88 Å². The lowest BCUT2D eigenvalue weighted by molar-refractivity contribution is 0.392. The Bertz CT molecular complexity index is 317. The van der Waals surface area contributed by atoms with Crippen molar-refractivity contribution in [1.29, 1.82) is 0 Å². The first-order chi connectivity index (χ1) is 8.31. The molecular weight excluding hydrogens is 214 g/mol. The number of nitrogens with one attached hydrogen (secondary N) is 1. The molecule has 4 nitrogen and oxygen atoms in total. The van der Waals surface area contributed by atoms with E-state index in [1.807, 2.05) is 6.07 Å². The van der Waals surface area contributed by atoms with E-state index in [4.69, 9.17) is 4.74 Å². The summed E-state index contributed by atoms with van der Waals surface area (Å²) in [4.78, 5) is 8.37. The topological polar surface area (TPSA) is 47.0 Å². The molecule has 0 saturated carbocycles. The minimum Gasteiger partial charge on any atom is -0.481 e. The molecule has 96 valence electrons. The van der Waals surface area contributed by atoms with Gasteiger partial charge < -0.3 is 10.1 Å². The van der Waals surface area contributed by atoms with E-state index in [2.05, 4.69) is 29.1 Å². The number of unbranched alkanes of at least 4 members (excludes halogenated alkanes) is 2. The lowest BCUT2D eigenvalue weighted by atomic mass is 10.1. The van der Waals surface area contributed by atoms with Crippen molar-refractivity contribution in [1.82, 2.24) is 15.3 Å². The average Bonchev–Trinajstić information content (AvgIpc) is 2.38. The minimum absolute atomic E-state index is 0.309. The standard InChI is InChI=1S/C13H23N3O/c1-4-6-7-8-11(14-5-2)12-9-13(17-3)16-10-15-12/h9-11,14H,4-8H2,1-3H3. The van der Waals surface area contributed by atoms with Gasteiger partial charge in [-0.2, -0.15) is 0 Å². The van der Waals surface area contributed by atoms with Crippen molar-refractivity contribution in [2.24, 2.45) is 0 Å². The zero-order chi connectivity index (χ0) is 12.5. The van der Waals surface area contributed by atoms with Crippen LogP contribution >= 0.6 is 0 Å². The molecule has 0 aliphatic carbocycles. The summed E-state index contributed by atoms with van der Waals surface area (Å²) in [6.07, 6.45) is 6.41. The number of hydrogen-bond acceptors (Lipinski definition) is 4. The summed E-state index contributed by atoms with van der Waals surface area (Å²) in [6, 6.07) is 2.22. The average molecular weight is 237 g/mol. The van der Waals surface area contributed by atoms with E-state index in [0.29, 0.717) is 11.9 Å². The van der Waals surface area contributed by atoms with Crippen LogP contribution in [-0.4, -0.2) is 23.6 Å². The van der Waals surface area contributed by atoms with Crippen LogP contribution in [0.15, 0.2) is 12.4 Å². The molecule has 1 unspecified atom stereocenters. The van der Waals surface area contributed by atoms with Crippen LogP contribution in [0, 0.1) is 0 Å². The second-order valence-corrected chi connectivity index (χ2v) is 4.09. The SMILES string of the molecule is CCCCCC(NCC)c1cc(OC)ncn1. The Hall–Kier alpha value is -1.16. The fourth-order valence-corrected chi connectivity index (χ4v) is 1.86. The van der Waals surface area contributed by atoms with E-state index in [-0.39, 0.29) is 0 Å². The van der Waals surface area contributed by atoms with Gasteiger partial charge in [0.05, 0.1) is 12.8 Å². The molecular formula is C13H23N3O. The Kier molecular flexibility index (Phi) is 6.55. The Morgan fingerprint density at radius 1 is 1.29 bits per heavy atom. The number of rotatable bonds is 8. The molecule has 0 fully saturated rings. The van der Waals surface area contributed by atoms with Crippen LogP contribution in [0.25, 0.3) is 0 Å². The summed E-state index contributed by atoms with van der Waals surface area (Å²) in [5.41, 5.74) is 1.02. The summed E-state index contributed by atoms with van der Waals surface area (Å²) < 4.78 is 5.13. The first-order valence-corrected chi connectivity index (χ1v) is 6.41. The second kappa shape index (κ2) is 8.01. The number of hydrogen-bond donors (Lipinski definition) is 1. The Morgan fingerprint density at radius 2 is 2.12 bits per heavy atom. The molecule has 1 N–H and O–H groups in total. The van der Waals surface area contributed by atoms with Gasteiger partial charge in [0.1, 0.15) is 6.33 Å². The van der Waals surface area contributed by atoms with Gasteiger partial charge in [-0.05, 0) is 13.0 Å². The summed E-state index contributed by atoms with van der Waals surface area (Å²) >= 11 is 0. The smallest absolute Gasteiger partial charge is 0.216 e. The molecule has 0 aromatic carbocycles. The van der Waals surface area contributed by atoms with Crippen molar-refractivity contribution >= 4 is 0 Å². The van der Waals surface area contributed by atoms with Crippen LogP contribution in [0.5, 0.6) is 5.88 Å². The van der Waals surface area contributed by atoms with E-state index in [0.717, 1.165) is 18.7 Å². The molecule has 0 amide bonds. The quantitative estimate of drug-likeness (QED) is 0.706. The maximum Gasteiger partial charge on any atom is 0.216 e. The van der Waals surface area contributed by atoms with Crippen molar-refractivity contribution < 1.29 is 4.74 Å². The molecule has 1 heterocycles. The Balaban J connectivity index is 2.66. The van der Waals surface area contributed by atoms with Gasteiger partial charge in [-0.25, -0.2) is 9.97 Å². The number of ether oxygens (including phenoxy) is 1. The van der Waals surface area contributed by atoms with Crippen LogP contribution in [0.4, 0.5) is 0 Å².